The topological polar surface area (TPSA) is 79.4 Å². The Morgan fingerprint density at radius 2 is 1.83 bits per heavy atom. The first-order chi connectivity index (χ1) is 14.0. The molecule has 0 saturated carbocycles. The summed E-state index contributed by atoms with van der Waals surface area (Å²) in [4.78, 5) is 18.0. The lowest BCUT2D eigenvalue weighted by Crippen LogP contribution is -2.34. The van der Waals surface area contributed by atoms with E-state index in [9.17, 15) is 30.8 Å². The average Bonchev–Trinajstić information content (AvgIpc) is 2.67. The summed E-state index contributed by atoms with van der Waals surface area (Å²) in [6, 6.07) is 4.07. The first kappa shape index (κ1) is 22.0. The van der Waals surface area contributed by atoms with Crippen LogP contribution in [0.1, 0.15) is 35.7 Å². The normalized spacial score (nSPS) is 15.8. The minimum atomic E-state index is -5.03. The van der Waals surface area contributed by atoms with Crippen molar-refractivity contribution in [3.8, 4) is 0 Å². The zero-order valence-corrected chi connectivity index (χ0v) is 16.7. The smallest absolute Gasteiger partial charge is 0.357 e. The maximum atomic E-state index is 13.2. The molecule has 0 spiro atoms. The van der Waals surface area contributed by atoms with E-state index in [1.165, 1.54) is 12.1 Å². The molecule has 1 fully saturated rings. The number of halogens is 4. The van der Waals surface area contributed by atoms with E-state index in [1.54, 1.807) is 4.72 Å². The number of carbonyl (C=O) groups excluding carboxylic acids is 1. The minimum Gasteiger partial charge on any atom is -0.357 e. The molecule has 0 radical (unpaired) electrons. The highest BCUT2D eigenvalue weighted by atomic mass is 32.2. The summed E-state index contributed by atoms with van der Waals surface area (Å²) in [6.07, 6.45) is -2.03. The molecular weight excluding hydrogens is 426 g/mol. The van der Waals surface area contributed by atoms with Crippen LogP contribution in [-0.2, 0) is 16.2 Å². The van der Waals surface area contributed by atoms with Crippen LogP contribution < -0.4 is 9.62 Å². The molecule has 0 atom stereocenters. The van der Waals surface area contributed by atoms with Gasteiger partial charge in [0.2, 0.25) is 0 Å². The van der Waals surface area contributed by atoms with Crippen LogP contribution in [0.2, 0.25) is 0 Å². The van der Waals surface area contributed by atoms with E-state index in [1.807, 2.05) is 4.90 Å². The summed E-state index contributed by atoms with van der Waals surface area (Å²) in [7, 11) is -4.48. The first-order valence-corrected chi connectivity index (χ1v) is 10.6. The largest absolute Gasteiger partial charge is 0.417 e. The molecule has 0 unspecified atom stereocenters. The Bertz CT molecular complexity index is 1030. The van der Waals surface area contributed by atoms with Gasteiger partial charge in [0.25, 0.3) is 15.9 Å². The van der Waals surface area contributed by atoms with Gasteiger partial charge >= 0.3 is 6.18 Å². The number of aromatic nitrogens is 1. The number of benzene rings is 1. The Morgan fingerprint density at radius 3 is 2.40 bits per heavy atom. The summed E-state index contributed by atoms with van der Waals surface area (Å²) < 4.78 is 78.9. The van der Waals surface area contributed by atoms with Crippen LogP contribution in [-0.4, -0.2) is 32.4 Å². The summed E-state index contributed by atoms with van der Waals surface area (Å²) in [6.45, 7) is 3.71. The number of hydrogen-bond acceptors (Lipinski definition) is 5. The molecule has 1 aromatic heterocycles. The van der Waals surface area contributed by atoms with E-state index in [0.717, 1.165) is 32.1 Å². The fraction of sp³-hybridized carbons (Fsp3) is 0.368. The number of hydrogen-bond donors (Lipinski definition) is 1. The standard InChI is InChI=1S/C19H19F4N3O3S/c1-12-6-8-26(9-7-12)17-5-3-14(11-24-17)30(28,29)25-18(27)15-4-2-13(20)10-16(15)19(21,22)23/h2-5,10-12H,6-9H2,1H3,(H,25,27). The van der Waals surface area contributed by atoms with E-state index in [0.29, 0.717) is 23.9 Å². The van der Waals surface area contributed by atoms with Gasteiger partial charge in [0.05, 0.1) is 11.1 Å². The summed E-state index contributed by atoms with van der Waals surface area (Å²) in [5.41, 5.74) is -2.57. The van der Waals surface area contributed by atoms with Gasteiger partial charge in [-0.15, -0.1) is 0 Å². The molecule has 1 amide bonds. The number of carbonyl (C=O) groups is 1. The lowest BCUT2D eigenvalue weighted by atomic mass is 9.99. The zero-order chi connectivity index (χ0) is 22.1. The molecule has 6 nitrogen and oxygen atoms in total. The molecule has 1 aliphatic heterocycles. The van der Waals surface area contributed by atoms with Gasteiger partial charge in [-0.3, -0.25) is 4.79 Å². The Kier molecular flexibility index (Phi) is 6.02. The van der Waals surface area contributed by atoms with Crippen molar-refractivity contribution in [1.29, 1.82) is 0 Å². The predicted molar refractivity (Wildman–Crippen MR) is 101 cm³/mol. The van der Waals surface area contributed by atoms with Gasteiger partial charge in [-0.25, -0.2) is 22.5 Å². The third kappa shape index (κ3) is 4.89. The van der Waals surface area contributed by atoms with Crippen LogP contribution >= 0.6 is 0 Å². The number of sulfonamides is 1. The summed E-state index contributed by atoms with van der Waals surface area (Å²) in [5, 5.41) is 0. The maximum absolute atomic E-state index is 13.2. The van der Waals surface area contributed by atoms with Gasteiger partial charge in [0.15, 0.2) is 0 Å². The minimum absolute atomic E-state index is 0.136. The maximum Gasteiger partial charge on any atom is 0.417 e. The number of pyridine rings is 1. The summed E-state index contributed by atoms with van der Waals surface area (Å²) in [5.74, 6) is -1.54. The zero-order valence-electron chi connectivity index (χ0n) is 15.9. The van der Waals surface area contributed by atoms with Crippen LogP contribution in [0, 0.1) is 11.7 Å². The van der Waals surface area contributed by atoms with Crippen LogP contribution in [0.3, 0.4) is 0 Å². The Balaban J connectivity index is 1.79. The monoisotopic (exact) mass is 445 g/mol. The fourth-order valence-corrected chi connectivity index (χ4v) is 4.05. The molecular formula is C19H19F4N3O3S. The van der Waals surface area contributed by atoms with Gasteiger partial charge in [-0.2, -0.15) is 13.2 Å². The Hall–Kier alpha value is -2.69. The highest BCUT2D eigenvalue weighted by molar-refractivity contribution is 7.90. The van der Waals surface area contributed by atoms with Gasteiger partial charge in [-0.1, -0.05) is 6.92 Å². The second kappa shape index (κ2) is 8.21. The number of nitrogens with zero attached hydrogens (tertiary/aromatic N) is 2. The van der Waals surface area contributed by atoms with Gasteiger partial charge in [0, 0.05) is 19.3 Å². The van der Waals surface area contributed by atoms with Crippen LogP contribution in [0.4, 0.5) is 23.4 Å². The molecule has 1 aliphatic rings. The van der Waals surface area contributed by atoms with E-state index >= 15 is 0 Å². The lowest BCUT2D eigenvalue weighted by molar-refractivity contribution is -0.138. The number of amides is 1. The van der Waals surface area contributed by atoms with Gasteiger partial charge < -0.3 is 4.90 Å². The van der Waals surface area contributed by atoms with Crippen LogP contribution in [0.15, 0.2) is 41.4 Å². The third-order valence-electron chi connectivity index (χ3n) is 4.90. The van der Waals surface area contributed by atoms with E-state index < -0.39 is 39.1 Å². The Morgan fingerprint density at radius 1 is 1.17 bits per heavy atom. The summed E-state index contributed by atoms with van der Waals surface area (Å²) >= 11 is 0. The highest BCUT2D eigenvalue weighted by Crippen LogP contribution is 2.32. The number of alkyl halides is 3. The van der Waals surface area contributed by atoms with Crippen molar-refractivity contribution in [2.45, 2.75) is 30.8 Å². The first-order valence-electron chi connectivity index (χ1n) is 9.12. The fourth-order valence-electron chi connectivity index (χ4n) is 3.14. The van der Waals surface area contributed by atoms with Crippen molar-refractivity contribution in [1.82, 2.24) is 9.71 Å². The van der Waals surface area contributed by atoms with Crippen molar-refractivity contribution in [2.75, 3.05) is 18.0 Å². The molecule has 2 heterocycles. The quantitative estimate of drug-likeness (QED) is 0.728. The molecule has 162 valence electrons. The van der Waals surface area contributed by atoms with Crippen LogP contribution in [0.25, 0.3) is 0 Å². The molecule has 0 aliphatic carbocycles. The molecule has 11 heteroatoms. The van der Waals surface area contributed by atoms with Gasteiger partial charge in [0.1, 0.15) is 16.5 Å². The molecule has 1 aromatic carbocycles. The number of anilines is 1. The Labute approximate surface area is 171 Å². The molecule has 30 heavy (non-hydrogen) atoms. The van der Waals surface area contributed by atoms with E-state index in [-0.39, 0.29) is 11.0 Å². The van der Waals surface area contributed by atoms with Crippen molar-refractivity contribution in [2.24, 2.45) is 5.92 Å². The van der Waals surface area contributed by atoms with E-state index in [2.05, 4.69) is 11.9 Å². The van der Waals surface area contributed by atoms with Crippen molar-refractivity contribution < 1.29 is 30.8 Å². The molecule has 1 saturated heterocycles. The predicted octanol–water partition coefficient (Wildman–Crippen LogP) is 3.59. The van der Waals surface area contributed by atoms with Crippen LogP contribution in [0.5, 0.6) is 0 Å². The second-order valence-corrected chi connectivity index (χ2v) is 8.83. The number of nitrogens with one attached hydrogen (secondary N) is 1. The molecule has 0 bridgehead atoms. The number of piperidine rings is 1. The van der Waals surface area contributed by atoms with E-state index in [4.69, 9.17) is 0 Å². The second-order valence-electron chi connectivity index (χ2n) is 7.14. The van der Waals surface area contributed by atoms with Crippen molar-refractivity contribution in [3.63, 3.8) is 0 Å². The molecule has 2 aromatic rings. The van der Waals surface area contributed by atoms with Gasteiger partial charge in [-0.05, 0) is 49.1 Å². The number of rotatable bonds is 4. The third-order valence-corrected chi connectivity index (χ3v) is 6.21. The highest BCUT2D eigenvalue weighted by Gasteiger charge is 2.36. The molecule has 1 N–H and O–H groups in total. The lowest BCUT2D eigenvalue weighted by Gasteiger charge is -2.31. The molecule has 3 rings (SSSR count). The van der Waals surface area contributed by atoms with Crippen molar-refractivity contribution >= 4 is 21.7 Å². The SMILES string of the molecule is CC1CCN(c2ccc(S(=O)(=O)NC(=O)c3ccc(F)cc3C(F)(F)F)cn2)CC1. The average molecular weight is 445 g/mol. The van der Waals surface area contributed by atoms with Crippen molar-refractivity contribution in [3.05, 3.63) is 53.5 Å².